The first-order valence-corrected chi connectivity index (χ1v) is 12.6. The molecule has 0 aliphatic carbocycles. The molecule has 1 aliphatic heterocycles. The minimum absolute atomic E-state index is 0.166. The topological polar surface area (TPSA) is 56.1 Å². The lowest BCUT2D eigenvalue weighted by Gasteiger charge is -2.19. The van der Waals surface area contributed by atoms with Crippen molar-refractivity contribution < 1.29 is 4.79 Å². The molecular weight excluding hydrogens is 394 g/mol. The number of nitriles is 1. The molecule has 2 rings (SSSR count). The second-order valence-electron chi connectivity index (χ2n) is 8.79. The Morgan fingerprint density at radius 3 is 2.34 bits per heavy atom. The lowest BCUT2D eigenvalue weighted by molar-refractivity contribution is -0.117. The fourth-order valence-electron chi connectivity index (χ4n) is 4.20. The van der Waals surface area contributed by atoms with Crippen molar-refractivity contribution >= 4 is 5.91 Å². The van der Waals surface area contributed by atoms with Gasteiger partial charge in [0, 0.05) is 25.3 Å². The highest BCUT2D eigenvalue weighted by Gasteiger charge is 2.16. The summed E-state index contributed by atoms with van der Waals surface area (Å²) < 4.78 is 0. The molecule has 1 aliphatic rings. The molecule has 0 radical (unpaired) electrons. The number of amides is 1. The maximum absolute atomic E-state index is 12.4. The van der Waals surface area contributed by atoms with Crippen LogP contribution < -0.4 is 5.32 Å². The van der Waals surface area contributed by atoms with Gasteiger partial charge in [0.25, 0.3) is 5.91 Å². The van der Waals surface area contributed by atoms with E-state index in [0.717, 1.165) is 31.5 Å². The maximum atomic E-state index is 12.4. The van der Waals surface area contributed by atoms with E-state index in [1.165, 1.54) is 69.9 Å². The summed E-state index contributed by atoms with van der Waals surface area (Å²) in [6.45, 7) is 4.86. The number of hydrogen-bond acceptors (Lipinski definition) is 3. The standard InChI is InChI=1S/C28H41N3O/c1-2-3-4-5-6-7-8-9-10-14-21-31-22-15-18-27(31)20-19-26(23-29)28(32)30-24-25-16-12-11-13-17-25/h11-13,16-17,19-20H,2-10,14-15,18,21-22,24H2,1H3,(H,30,32). The molecule has 4 nitrogen and oxygen atoms in total. The van der Waals surface area contributed by atoms with E-state index < -0.39 is 0 Å². The van der Waals surface area contributed by atoms with Crippen molar-refractivity contribution in [3.05, 3.63) is 59.3 Å². The van der Waals surface area contributed by atoms with Gasteiger partial charge in [-0.05, 0) is 37.0 Å². The monoisotopic (exact) mass is 435 g/mol. The predicted molar refractivity (Wildman–Crippen MR) is 133 cm³/mol. The zero-order chi connectivity index (χ0) is 22.9. The third kappa shape index (κ3) is 10.2. The predicted octanol–water partition coefficient (Wildman–Crippen LogP) is 6.65. The average molecular weight is 436 g/mol. The number of unbranched alkanes of at least 4 members (excludes halogenated alkanes) is 9. The number of nitrogens with one attached hydrogen (secondary N) is 1. The maximum Gasteiger partial charge on any atom is 0.262 e. The van der Waals surface area contributed by atoms with Crippen LogP contribution in [0, 0.1) is 11.3 Å². The molecule has 1 N–H and O–H groups in total. The number of hydrogen-bond donors (Lipinski definition) is 1. The first-order valence-electron chi connectivity index (χ1n) is 12.6. The van der Waals surface area contributed by atoms with Crippen LogP contribution in [-0.4, -0.2) is 23.9 Å². The molecule has 4 heteroatoms. The van der Waals surface area contributed by atoms with Crippen LogP contribution in [0.25, 0.3) is 0 Å². The normalized spacial score (nSPS) is 15.2. The van der Waals surface area contributed by atoms with Crippen LogP contribution in [-0.2, 0) is 11.3 Å². The Kier molecular flexibility index (Phi) is 13.0. The molecule has 0 atom stereocenters. The van der Waals surface area contributed by atoms with Crippen LogP contribution in [0.2, 0.25) is 0 Å². The van der Waals surface area contributed by atoms with Gasteiger partial charge in [-0.1, -0.05) is 95.0 Å². The number of carbonyl (C=O) groups excluding carboxylic acids is 1. The van der Waals surface area contributed by atoms with Crippen molar-refractivity contribution in [3.8, 4) is 6.07 Å². The van der Waals surface area contributed by atoms with Crippen LogP contribution in [0.5, 0.6) is 0 Å². The Hall–Kier alpha value is -2.54. The summed E-state index contributed by atoms with van der Waals surface area (Å²) in [7, 11) is 0. The Morgan fingerprint density at radius 1 is 1.03 bits per heavy atom. The first-order chi connectivity index (χ1) is 15.7. The molecule has 174 valence electrons. The minimum atomic E-state index is -0.313. The highest BCUT2D eigenvalue weighted by molar-refractivity contribution is 5.97. The van der Waals surface area contributed by atoms with Gasteiger partial charge in [0.2, 0.25) is 0 Å². The molecule has 1 fully saturated rings. The Balaban J connectivity index is 1.69. The van der Waals surface area contributed by atoms with Crippen LogP contribution in [0.4, 0.5) is 0 Å². The van der Waals surface area contributed by atoms with Gasteiger partial charge < -0.3 is 10.2 Å². The molecule has 1 aromatic rings. The summed E-state index contributed by atoms with van der Waals surface area (Å²) in [5.74, 6) is -0.313. The van der Waals surface area contributed by atoms with E-state index in [2.05, 4.69) is 23.2 Å². The second kappa shape index (κ2) is 16.1. The first kappa shape index (κ1) is 25.7. The smallest absolute Gasteiger partial charge is 0.262 e. The SMILES string of the molecule is CCCCCCCCCCCCN1CCCC1=CC=C(C#N)C(=O)NCc1ccccc1. The van der Waals surface area contributed by atoms with E-state index in [9.17, 15) is 10.1 Å². The quantitative estimate of drug-likeness (QED) is 0.190. The summed E-state index contributed by atoms with van der Waals surface area (Å²) in [5.41, 5.74) is 2.44. The number of rotatable bonds is 15. The highest BCUT2D eigenvalue weighted by Crippen LogP contribution is 2.22. The van der Waals surface area contributed by atoms with Crippen molar-refractivity contribution in [3.63, 3.8) is 0 Å². The van der Waals surface area contributed by atoms with Gasteiger partial charge in [0.15, 0.2) is 0 Å². The molecule has 0 unspecified atom stereocenters. The summed E-state index contributed by atoms with van der Waals surface area (Å²) in [4.78, 5) is 14.8. The van der Waals surface area contributed by atoms with Crippen LogP contribution >= 0.6 is 0 Å². The van der Waals surface area contributed by atoms with Crippen LogP contribution in [0.1, 0.15) is 89.5 Å². The fraction of sp³-hybridized carbons (Fsp3) is 0.571. The summed E-state index contributed by atoms with van der Waals surface area (Å²) >= 11 is 0. The van der Waals surface area contributed by atoms with E-state index in [-0.39, 0.29) is 11.5 Å². The molecule has 0 spiro atoms. The van der Waals surface area contributed by atoms with Crippen molar-refractivity contribution in [1.29, 1.82) is 5.26 Å². The van der Waals surface area contributed by atoms with Gasteiger partial charge in [-0.25, -0.2) is 0 Å². The number of likely N-dealkylation sites (tertiary alicyclic amines) is 1. The molecule has 32 heavy (non-hydrogen) atoms. The summed E-state index contributed by atoms with van der Waals surface area (Å²) in [5, 5.41) is 12.3. The largest absolute Gasteiger partial charge is 0.375 e. The Bertz CT molecular complexity index is 761. The van der Waals surface area contributed by atoms with Crippen molar-refractivity contribution in [2.75, 3.05) is 13.1 Å². The van der Waals surface area contributed by atoms with Crippen LogP contribution in [0.3, 0.4) is 0 Å². The van der Waals surface area contributed by atoms with Gasteiger partial charge in [-0.15, -0.1) is 0 Å². The molecule has 1 heterocycles. The lowest BCUT2D eigenvalue weighted by Crippen LogP contribution is -2.24. The number of allylic oxidation sites excluding steroid dienone is 3. The molecular formula is C28H41N3O. The van der Waals surface area contributed by atoms with Gasteiger partial charge in [0.05, 0.1) is 0 Å². The van der Waals surface area contributed by atoms with Crippen molar-refractivity contribution in [2.24, 2.45) is 0 Å². The van der Waals surface area contributed by atoms with E-state index in [1.54, 1.807) is 6.08 Å². The summed E-state index contributed by atoms with van der Waals surface area (Å²) in [6, 6.07) is 11.8. The molecule has 0 saturated carbocycles. The number of benzene rings is 1. The van der Waals surface area contributed by atoms with Gasteiger partial charge in [0.1, 0.15) is 11.6 Å². The number of nitrogens with zero attached hydrogens (tertiary/aromatic N) is 2. The van der Waals surface area contributed by atoms with Crippen molar-refractivity contribution in [2.45, 2.75) is 90.5 Å². The van der Waals surface area contributed by atoms with E-state index in [0.29, 0.717) is 6.54 Å². The molecule has 0 bridgehead atoms. The Morgan fingerprint density at radius 2 is 1.69 bits per heavy atom. The fourth-order valence-corrected chi connectivity index (χ4v) is 4.20. The second-order valence-corrected chi connectivity index (χ2v) is 8.79. The van der Waals surface area contributed by atoms with E-state index >= 15 is 0 Å². The zero-order valence-corrected chi connectivity index (χ0v) is 20.0. The summed E-state index contributed by atoms with van der Waals surface area (Å²) in [6.07, 6.45) is 19.3. The molecule has 1 aromatic carbocycles. The molecule has 1 saturated heterocycles. The number of carbonyl (C=O) groups is 1. The highest BCUT2D eigenvalue weighted by atomic mass is 16.1. The van der Waals surface area contributed by atoms with Gasteiger partial charge in [-0.2, -0.15) is 5.26 Å². The van der Waals surface area contributed by atoms with Crippen LogP contribution in [0.15, 0.2) is 53.8 Å². The van der Waals surface area contributed by atoms with E-state index in [4.69, 9.17) is 0 Å². The zero-order valence-electron chi connectivity index (χ0n) is 20.0. The third-order valence-electron chi connectivity index (χ3n) is 6.15. The van der Waals surface area contributed by atoms with E-state index in [1.807, 2.05) is 36.4 Å². The minimum Gasteiger partial charge on any atom is -0.375 e. The average Bonchev–Trinajstić information content (AvgIpc) is 3.27. The van der Waals surface area contributed by atoms with Gasteiger partial charge in [-0.3, -0.25) is 4.79 Å². The molecule has 0 aromatic heterocycles. The third-order valence-corrected chi connectivity index (χ3v) is 6.15. The molecule has 1 amide bonds. The Labute approximate surface area is 195 Å². The lowest BCUT2D eigenvalue weighted by atomic mass is 10.1. The van der Waals surface area contributed by atoms with Gasteiger partial charge >= 0.3 is 0 Å². The van der Waals surface area contributed by atoms with Crippen molar-refractivity contribution in [1.82, 2.24) is 10.2 Å².